The SMILES string of the molecule is Cc1cn(C)c(CC(=O)[O-])c1C(=O)[O-]. The van der Waals surface area contributed by atoms with E-state index in [4.69, 9.17) is 0 Å². The molecule has 0 aromatic carbocycles. The van der Waals surface area contributed by atoms with Crippen molar-refractivity contribution in [3.05, 3.63) is 23.0 Å². The monoisotopic (exact) mass is 195 g/mol. The van der Waals surface area contributed by atoms with Crippen LogP contribution in [0.4, 0.5) is 0 Å². The number of carboxylic acids is 2. The van der Waals surface area contributed by atoms with Crippen molar-refractivity contribution in [2.75, 3.05) is 0 Å². The number of aromatic carboxylic acids is 1. The number of rotatable bonds is 3. The van der Waals surface area contributed by atoms with E-state index in [2.05, 4.69) is 0 Å². The minimum absolute atomic E-state index is 0.0586. The highest BCUT2D eigenvalue weighted by atomic mass is 16.4. The molecule has 0 unspecified atom stereocenters. The molecule has 0 aliphatic rings. The van der Waals surface area contributed by atoms with Crippen molar-refractivity contribution < 1.29 is 19.8 Å². The molecule has 1 heterocycles. The highest BCUT2D eigenvalue weighted by Crippen LogP contribution is 2.15. The van der Waals surface area contributed by atoms with Gasteiger partial charge in [-0.25, -0.2) is 0 Å². The Bertz CT molecular complexity index is 392. The van der Waals surface area contributed by atoms with Crippen LogP contribution >= 0.6 is 0 Å². The maximum absolute atomic E-state index is 10.7. The lowest BCUT2D eigenvalue weighted by Gasteiger charge is -2.09. The number of aryl methyl sites for hydroxylation is 2. The summed E-state index contributed by atoms with van der Waals surface area (Å²) in [6, 6.07) is 0. The second-order valence-electron chi connectivity index (χ2n) is 3.08. The minimum Gasteiger partial charge on any atom is -0.550 e. The average Bonchev–Trinajstić information content (AvgIpc) is 2.25. The Morgan fingerprint density at radius 3 is 2.43 bits per heavy atom. The van der Waals surface area contributed by atoms with Gasteiger partial charge in [0.25, 0.3) is 0 Å². The first-order valence-corrected chi connectivity index (χ1v) is 3.99. The van der Waals surface area contributed by atoms with Gasteiger partial charge >= 0.3 is 0 Å². The van der Waals surface area contributed by atoms with E-state index < -0.39 is 18.4 Å². The third kappa shape index (κ3) is 1.76. The highest BCUT2D eigenvalue weighted by Gasteiger charge is 2.11. The summed E-state index contributed by atoms with van der Waals surface area (Å²) < 4.78 is 1.45. The lowest BCUT2D eigenvalue weighted by atomic mass is 10.1. The van der Waals surface area contributed by atoms with E-state index >= 15 is 0 Å². The number of aliphatic carboxylic acids is 1. The van der Waals surface area contributed by atoms with E-state index in [1.807, 2.05) is 0 Å². The number of carbonyl (C=O) groups is 2. The number of nitrogens with zero attached hydrogens (tertiary/aromatic N) is 1. The summed E-state index contributed by atoms with van der Waals surface area (Å²) in [5.74, 6) is -2.67. The van der Waals surface area contributed by atoms with E-state index in [0.717, 1.165) is 0 Å². The van der Waals surface area contributed by atoms with Gasteiger partial charge in [0.2, 0.25) is 0 Å². The van der Waals surface area contributed by atoms with Gasteiger partial charge in [-0.15, -0.1) is 0 Å². The molecule has 5 nitrogen and oxygen atoms in total. The lowest BCUT2D eigenvalue weighted by molar-refractivity contribution is -0.304. The van der Waals surface area contributed by atoms with E-state index in [-0.39, 0.29) is 11.3 Å². The van der Waals surface area contributed by atoms with E-state index in [9.17, 15) is 19.8 Å². The fraction of sp³-hybridized carbons (Fsp3) is 0.333. The standard InChI is InChI=1S/C9H11NO4/c1-5-4-10(2)6(3-7(11)12)8(5)9(13)14/h4H,3H2,1-2H3,(H,11,12)(H,13,14)/p-2. The topological polar surface area (TPSA) is 85.2 Å². The van der Waals surface area contributed by atoms with Crippen molar-refractivity contribution in [3.63, 3.8) is 0 Å². The van der Waals surface area contributed by atoms with Crippen LogP contribution in [0.25, 0.3) is 0 Å². The molecule has 76 valence electrons. The number of carbonyl (C=O) groups excluding carboxylic acids is 2. The van der Waals surface area contributed by atoms with Gasteiger partial charge in [0, 0.05) is 36.9 Å². The Morgan fingerprint density at radius 2 is 2.00 bits per heavy atom. The summed E-state index contributed by atoms with van der Waals surface area (Å²) in [6.45, 7) is 1.59. The number of hydrogen-bond donors (Lipinski definition) is 0. The Hall–Kier alpha value is -1.78. The van der Waals surface area contributed by atoms with Crippen LogP contribution in [0.2, 0.25) is 0 Å². The quantitative estimate of drug-likeness (QED) is 0.557. The molecule has 0 aliphatic heterocycles. The molecule has 1 rings (SSSR count). The molecule has 0 atom stereocenters. The van der Waals surface area contributed by atoms with Crippen LogP contribution in [-0.2, 0) is 18.3 Å². The Balaban J connectivity index is 3.24. The van der Waals surface area contributed by atoms with Gasteiger partial charge in [-0.2, -0.15) is 0 Å². The molecular formula is C9H9NO4-2. The Kier molecular flexibility index (Phi) is 2.60. The number of carboxylic acid groups (broad SMARTS) is 2. The highest BCUT2D eigenvalue weighted by molar-refractivity contribution is 5.90. The Morgan fingerprint density at radius 1 is 1.43 bits per heavy atom. The molecule has 0 saturated heterocycles. The van der Waals surface area contributed by atoms with E-state index in [0.29, 0.717) is 5.56 Å². The summed E-state index contributed by atoms with van der Waals surface area (Å²) >= 11 is 0. The van der Waals surface area contributed by atoms with Crippen LogP contribution in [0.5, 0.6) is 0 Å². The van der Waals surface area contributed by atoms with Gasteiger partial charge in [-0.1, -0.05) is 0 Å². The van der Waals surface area contributed by atoms with Gasteiger partial charge in [0.05, 0.1) is 5.97 Å². The molecule has 1 aromatic rings. The van der Waals surface area contributed by atoms with Crippen molar-refractivity contribution in [1.29, 1.82) is 0 Å². The van der Waals surface area contributed by atoms with Gasteiger partial charge in [-0.3, -0.25) is 0 Å². The van der Waals surface area contributed by atoms with Gasteiger partial charge in [0.1, 0.15) is 0 Å². The molecule has 0 saturated carbocycles. The molecule has 14 heavy (non-hydrogen) atoms. The number of hydrogen-bond acceptors (Lipinski definition) is 4. The van der Waals surface area contributed by atoms with Crippen molar-refractivity contribution in [2.45, 2.75) is 13.3 Å². The summed E-state index contributed by atoms with van der Waals surface area (Å²) in [5.41, 5.74) is 0.628. The summed E-state index contributed by atoms with van der Waals surface area (Å²) in [4.78, 5) is 21.1. The maximum Gasteiger partial charge on any atom is 0.0736 e. The second kappa shape index (κ2) is 3.53. The predicted molar refractivity (Wildman–Crippen MR) is 43.2 cm³/mol. The zero-order chi connectivity index (χ0) is 10.9. The zero-order valence-corrected chi connectivity index (χ0v) is 7.86. The van der Waals surface area contributed by atoms with Crippen LogP contribution in [0.15, 0.2) is 6.20 Å². The minimum atomic E-state index is -1.36. The van der Waals surface area contributed by atoms with Crippen LogP contribution in [0.3, 0.4) is 0 Å². The first-order chi connectivity index (χ1) is 6.43. The molecule has 0 amide bonds. The zero-order valence-electron chi connectivity index (χ0n) is 7.86. The third-order valence-electron chi connectivity index (χ3n) is 2.01. The van der Waals surface area contributed by atoms with Crippen LogP contribution < -0.4 is 10.2 Å². The summed E-state index contributed by atoms with van der Waals surface area (Å²) in [7, 11) is 1.58. The second-order valence-corrected chi connectivity index (χ2v) is 3.08. The van der Waals surface area contributed by atoms with Gasteiger partial charge < -0.3 is 24.4 Å². The fourth-order valence-corrected chi connectivity index (χ4v) is 1.47. The van der Waals surface area contributed by atoms with Crippen molar-refractivity contribution in [1.82, 2.24) is 4.57 Å². The van der Waals surface area contributed by atoms with Crippen LogP contribution in [0, 0.1) is 6.92 Å². The Labute approximate surface area is 80.6 Å². The largest absolute Gasteiger partial charge is 0.550 e. The van der Waals surface area contributed by atoms with Crippen molar-refractivity contribution >= 4 is 11.9 Å². The average molecular weight is 195 g/mol. The van der Waals surface area contributed by atoms with E-state index in [1.54, 1.807) is 20.2 Å². The van der Waals surface area contributed by atoms with Crippen molar-refractivity contribution in [3.8, 4) is 0 Å². The van der Waals surface area contributed by atoms with Crippen LogP contribution in [0.1, 0.15) is 21.6 Å². The van der Waals surface area contributed by atoms with E-state index in [1.165, 1.54) is 4.57 Å². The van der Waals surface area contributed by atoms with Gasteiger partial charge in [-0.05, 0) is 12.5 Å². The first kappa shape index (κ1) is 10.3. The molecule has 0 radical (unpaired) electrons. The molecule has 0 spiro atoms. The normalized spacial score (nSPS) is 10.1. The summed E-state index contributed by atoms with van der Waals surface area (Å²) in [5, 5.41) is 21.1. The molecule has 0 bridgehead atoms. The third-order valence-corrected chi connectivity index (χ3v) is 2.01. The first-order valence-electron chi connectivity index (χ1n) is 3.99. The molecule has 0 fully saturated rings. The molecule has 5 heteroatoms. The fourth-order valence-electron chi connectivity index (χ4n) is 1.47. The molecule has 1 aromatic heterocycles. The molecular weight excluding hydrogens is 186 g/mol. The maximum atomic E-state index is 10.7. The smallest absolute Gasteiger partial charge is 0.0736 e. The lowest BCUT2D eigenvalue weighted by Crippen LogP contribution is -2.29. The number of aromatic nitrogens is 1. The summed E-state index contributed by atoms with van der Waals surface area (Å²) in [6.07, 6.45) is 1.12. The van der Waals surface area contributed by atoms with Crippen molar-refractivity contribution in [2.24, 2.45) is 7.05 Å². The van der Waals surface area contributed by atoms with Gasteiger partial charge in [0.15, 0.2) is 0 Å². The predicted octanol–water partition coefficient (Wildman–Crippen LogP) is -2.01. The molecule has 0 N–H and O–H groups in total. The van der Waals surface area contributed by atoms with Crippen LogP contribution in [-0.4, -0.2) is 16.5 Å². The molecule has 0 aliphatic carbocycles.